The molecule has 2 rings (SSSR count). The van der Waals surface area contributed by atoms with Gasteiger partial charge in [0, 0.05) is 0 Å². The van der Waals surface area contributed by atoms with Crippen LogP contribution in [0.25, 0.3) is 0 Å². The Morgan fingerprint density at radius 1 is 1.26 bits per heavy atom. The van der Waals surface area contributed by atoms with Crippen molar-refractivity contribution >= 4 is 15.9 Å². The first-order valence-electron chi connectivity index (χ1n) is 6.41. The number of benzene rings is 1. The van der Waals surface area contributed by atoms with E-state index >= 15 is 0 Å². The number of halogens is 2. The lowest BCUT2D eigenvalue weighted by atomic mass is 10.0. The summed E-state index contributed by atoms with van der Waals surface area (Å²) in [4.78, 5) is 0. The molecule has 1 aromatic carbocycles. The van der Waals surface area contributed by atoms with E-state index in [2.05, 4.69) is 28.2 Å². The molecular formula is C15H17BrFNO. The highest BCUT2D eigenvalue weighted by Gasteiger charge is 2.17. The first kappa shape index (κ1) is 14.3. The van der Waals surface area contributed by atoms with Gasteiger partial charge in [-0.05, 0) is 59.1 Å². The van der Waals surface area contributed by atoms with E-state index in [1.807, 2.05) is 18.2 Å². The van der Waals surface area contributed by atoms with Crippen LogP contribution >= 0.6 is 15.9 Å². The second kappa shape index (κ2) is 6.87. The average molecular weight is 326 g/mol. The van der Waals surface area contributed by atoms with Gasteiger partial charge in [0.05, 0.1) is 16.8 Å². The third-order valence-corrected chi connectivity index (χ3v) is 3.61. The predicted octanol–water partition coefficient (Wildman–Crippen LogP) is 4.46. The second-order valence-electron chi connectivity index (χ2n) is 4.47. The fourth-order valence-corrected chi connectivity index (χ4v) is 2.46. The van der Waals surface area contributed by atoms with E-state index in [9.17, 15) is 4.39 Å². The van der Waals surface area contributed by atoms with Gasteiger partial charge in [0.2, 0.25) is 0 Å². The Morgan fingerprint density at radius 2 is 2.00 bits per heavy atom. The molecule has 0 radical (unpaired) electrons. The highest BCUT2D eigenvalue weighted by Crippen LogP contribution is 2.27. The molecule has 1 N–H and O–H groups in total. The molecule has 0 saturated heterocycles. The minimum absolute atomic E-state index is 0.0924. The van der Waals surface area contributed by atoms with Gasteiger partial charge in [-0.1, -0.05) is 19.1 Å². The first-order valence-corrected chi connectivity index (χ1v) is 7.20. The van der Waals surface area contributed by atoms with Gasteiger partial charge in [-0.15, -0.1) is 0 Å². The summed E-state index contributed by atoms with van der Waals surface area (Å²) < 4.78 is 19.4. The zero-order valence-electron chi connectivity index (χ0n) is 10.8. The lowest BCUT2D eigenvalue weighted by Gasteiger charge is -2.17. The van der Waals surface area contributed by atoms with Crippen LogP contribution < -0.4 is 5.32 Å². The molecule has 0 saturated carbocycles. The summed E-state index contributed by atoms with van der Waals surface area (Å²) in [5, 5.41) is 3.46. The Kier molecular flexibility index (Phi) is 5.16. The van der Waals surface area contributed by atoms with Crippen molar-refractivity contribution in [2.75, 3.05) is 6.54 Å². The maximum absolute atomic E-state index is 12.9. The van der Waals surface area contributed by atoms with Crippen LogP contribution in [0.4, 0.5) is 4.39 Å². The normalized spacial score (nSPS) is 12.6. The first-order chi connectivity index (χ1) is 9.20. The molecule has 1 atom stereocenters. The fourth-order valence-electron chi connectivity index (χ4n) is 1.99. The highest BCUT2D eigenvalue weighted by molar-refractivity contribution is 9.10. The molecule has 102 valence electrons. The number of hydrogen-bond acceptors (Lipinski definition) is 2. The molecule has 0 spiro atoms. The largest absolute Gasteiger partial charge is 0.466 e. The summed E-state index contributed by atoms with van der Waals surface area (Å²) in [7, 11) is 0. The van der Waals surface area contributed by atoms with Crippen LogP contribution in [-0.2, 0) is 6.42 Å². The number of furan rings is 1. The molecule has 0 aliphatic rings. The molecule has 4 heteroatoms. The minimum atomic E-state index is -0.207. The maximum atomic E-state index is 12.9. The molecule has 0 aliphatic carbocycles. The Morgan fingerprint density at radius 3 is 2.58 bits per heavy atom. The molecule has 2 nitrogen and oxygen atoms in total. The quantitative estimate of drug-likeness (QED) is 0.847. The lowest BCUT2D eigenvalue weighted by molar-refractivity contribution is 0.408. The fraction of sp³-hybridized carbons (Fsp3) is 0.333. The van der Waals surface area contributed by atoms with Crippen molar-refractivity contribution in [2.45, 2.75) is 25.8 Å². The van der Waals surface area contributed by atoms with Crippen molar-refractivity contribution in [2.24, 2.45) is 0 Å². The van der Waals surface area contributed by atoms with Crippen LogP contribution in [0.2, 0.25) is 0 Å². The summed E-state index contributed by atoms with van der Waals surface area (Å²) in [6, 6.07) is 8.59. The smallest absolute Gasteiger partial charge is 0.135 e. The maximum Gasteiger partial charge on any atom is 0.135 e. The van der Waals surface area contributed by atoms with Crippen LogP contribution in [0, 0.1) is 5.82 Å². The molecule has 0 fully saturated rings. The van der Waals surface area contributed by atoms with Gasteiger partial charge in [0.1, 0.15) is 11.6 Å². The zero-order chi connectivity index (χ0) is 13.7. The van der Waals surface area contributed by atoms with Crippen molar-refractivity contribution in [1.29, 1.82) is 0 Å². The van der Waals surface area contributed by atoms with Crippen LogP contribution in [-0.4, -0.2) is 6.54 Å². The Labute approximate surface area is 121 Å². The zero-order valence-corrected chi connectivity index (χ0v) is 12.4. The molecule has 1 aromatic heterocycles. The van der Waals surface area contributed by atoms with Crippen LogP contribution in [0.5, 0.6) is 0 Å². The van der Waals surface area contributed by atoms with Crippen molar-refractivity contribution < 1.29 is 8.81 Å². The topological polar surface area (TPSA) is 25.2 Å². The van der Waals surface area contributed by atoms with Crippen LogP contribution in [0.15, 0.2) is 45.5 Å². The Balaban J connectivity index is 2.14. The van der Waals surface area contributed by atoms with E-state index in [0.29, 0.717) is 0 Å². The number of hydrogen-bond donors (Lipinski definition) is 1. The number of nitrogens with one attached hydrogen (secondary N) is 1. The summed E-state index contributed by atoms with van der Waals surface area (Å²) in [5.74, 6) is 0.679. The van der Waals surface area contributed by atoms with E-state index in [4.69, 9.17) is 4.42 Å². The summed E-state index contributed by atoms with van der Waals surface area (Å²) in [6.45, 7) is 3.04. The van der Waals surface area contributed by atoms with Gasteiger partial charge in [0.15, 0.2) is 0 Å². The van der Waals surface area contributed by atoms with Crippen LogP contribution in [0.3, 0.4) is 0 Å². The molecular weight excluding hydrogens is 309 g/mol. The van der Waals surface area contributed by atoms with Gasteiger partial charge in [-0.25, -0.2) is 4.39 Å². The monoisotopic (exact) mass is 325 g/mol. The van der Waals surface area contributed by atoms with E-state index in [0.717, 1.165) is 35.2 Å². The van der Waals surface area contributed by atoms with Gasteiger partial charge in [-0.2, -0.15) is 0 Å². The van der Waals surface area contributed by atoms with Crippen molar-refractivity contribution in [3.8, 4) is 0 Å². The lowest BCUT2D eigenvalue weighted by Crippen LogP contribution is -2.24. The Bertz CT molecular complexity index is 509. The Hall–Kier alpha value is -1.13. The van der Waals surface area contributed by atoms with Crippen LogP contribution in [0.1, 0.15) is 30.7 Å². The molecule has 2 aromatic rings. The van der Waals surface area contributed by atoms with E-state index < -0.39 is 0 Å². The van der Waals surface area contributed by atoms with Gasteiger partial charge >= 0.3 is 0 Å². The van der Waals surface area contributed by atoms with Crippen molar-refractivity contribution in [3.05, 3.63) is 58.2 Å². The van der Waals surface area contributed by atoms with Gasteiger partial charge in [0.25, 0.3) is 0 Å². The van der Waals surface area contributed by atoms with E-state index in [1.165, 1.54) is 12.1 Å². The third kappa shape index (κ3) is 3.91. The van der Waals surface area contributed by atoms with E-state index in [-0.39, 0.29) is 11.9 Å². The van der Waals surface area contributed by atoms with Crippen molar-refractivity contribution in [3.63, 3.8) is 0 Å². The third-order valence-electron chi connectivity index (χ3n) is 2.96. The highest BCUT2D eigenvalue weighted by atomic mass is 79.9. The van der Waals surface area contributed by atoms with Gasteiger partial charge < -0.3 is 9.73 Å². The van der Waals surface area contributed by atoms with Gasteiger partial charge in [-0.3, -0.25) is 0 Å². The van der Waals surface area contributed by atoms with Crippen molar-refractivity contribution in [1.82, 2.24) is 5.32 Å². The molecule has 0 aliphatic heterocycles. The summed E-state index contributed by atoms with van der Waals surface area (Å²) in [6.07, 6.45) is 3.50. The SMILES string of the molecule is CCCNC(Cc1ccc(F)cc1)c1occc1Br. The number of rotatable bonds is 6. The standard InChI is InChI=1S/C15H17BrFNO/c1-2-8-18-14(15-13(16)7-9-19-15)10-11-3-5-12(17)6-4-11/h3-7,9,14,18H,2,8,10H2,1H3. The molecule has 0 amide bonds. The molecule has 19 heavy (non-hydrogen) atoms. The molecule has 1 unspecified atom stereocenters. The summed E-state index contributed by atoms with van der Waals surface area (Å²) >= 11 is 3.49. The second-order valence-corrected chi connectivity index (χ2v) is 5.32. The predicted molar refractivity (Wildman–Crippen MR) is 77.5 cm³/mol. The molecule has 0 bridgehead atoms. The van der Waals surface area contributed by atoms with E-state index in [1.54, 1.807) is 6.26 Å². The minimum Gasteiger partial charge on any atom is -0.466 e. The average Bonchev–Trinajstić information content (AvgIpc) is 2.83. The molecule has 1 heterocycles. The summed E-state index contributed by atoms with van der Waals surface area (Å²) in [5.41, 5.74) is 1.08.